The summed E-state index contributed by atoms with van der Waals surface area (Å²) in [6.07, 6.45) is 1.35. The number of nitrogens with zero attached hydrogens (tertiary/aromatic N) is 3. The SMILES string of the molecule is OCC(F)(F)CNc1nc(Cl)nc2nc[nH]c12. The van der Waals surface area contributed by atoms with E-state index in [9.17, 15) is 8.78 Å². The number of anilines is 1. The predicted molar refractivity (Wildman–Crippen MR) is 57.2 cm³/mol. The Bertz CT molecular complexity index is 532. The summed E-state index contributed by atoms with van der Waals surface area (Å²) < 4.78 is 25.7. The van der Waals surface area contributed by atoms with Crippen molar-refractivity contribution in [3.05, 3.63) is 11.6 Å². The van der Waals surface area contributed by atoms with Crippen LogP contribution in [0.3, 0.4) is 0 Å². The zero-order valence-electron chi connectivity index (χ0n) is 8.41. The van der Waals surface area contributed by atoms with Gasteiger partial charge in [-0.3, -0.25) is 0 Å². The van der Waals surface area contributed by atoms with Gasteiger partial charge in [0.2, 0.25) is 5.28 Å². The van der Waals surface area contributed by atoms with Crippen molar-refractivity contribution < 1.29 is 13.9 Å². The van der Waals surface area contributed by atoms with Crippen LogP contribution in [0.4, 0.5) is 14.6 Å². The second-order valence-electron chi connectivity index (χ2n) is 3.31. The quantitative estimate of drug-likeness (QED) is 0.718. The number of aliphatic hydroxyl groups excluding tert-OH is 1. The minimum Gasteiger partial charge on any atom is -0.390 e. The van der Waals surface area contributed by atoms with Crippen molar-refractivity contribution in [2.45, 2.75) is 5.92 Å². The molecule has 0 fully saturated rings. The van der Waals surface area contributed by atoms with E-state index < -0.39 is 19.1 Å². The topological polar surface area (TPSA) is 86.7 Å². The number of aromatic amines is 1. The van der Waals surface area contributed by atoms with Crippen molar-refractivity contribution in [3.8, 4) is 0 Å². The van der Waals surface area contributed by atoms with E-state index in [1.165, 1.54) is 6.33 Å². The average Bonchev–Trinajstić information content (AvgIpc) is 2.73. The summed E-state index contributed by atoms with van der Waals surface area (Å²) in [6.45, 7) is -2.00. The van der Waals surface area contributed by atoms with E-state index in [0.29, 0.717) is 5.52 Å². The maximum absolute atomic E-state index is 12.9. The summed E-state index contributed by atoms with van der Waals surface area (Å²) >= 11 is 5.61. The largest absolute Gasteiger partial charge is 0.390 e. The van der Waals surface area contributed by atoms with Crippen LogP contribution in [0.2, 0.25) is 5.28 Å². The Hall–Kier alpha value is -1.54. The molecule has 9 heteroatoms. The summed E-state index contributed by atoms with van der Waals surface area (Å²) in [6, 6.07) is 0. The van der Waals surface area contributed by atoms with Gasteiger partial charge in [0.15, 0.2) is 11.5 Å². The number of rotatable bonds is 4. The van der Waals surface area contributed by atoms with Crippen LogP contribution in [0.15, 0.2) is 6.33 Å². The first-order chi connectivity index (χ1) is 8.02. The fourth-order valence-electron chi connectivity index (χ4n) is 1.20. The Morgan fingerprint density at radius 1 is 1.47 bits per heavy atom. The minimum absolute atomic E-state index is 0.0978. The molecule has 6 nitrogen and oxygen atoms in total. The molecule has 2 aromatic rings. The Morgan fingerprint density at radius 2 is 2.24 bits per heavy atom. The van der Waals surface area contributed by atoms with E-state index in [2.05, 4.69) is 25.3 Å². The number of H-pyrrole nitrogens is 1. The molecule has 2 rings (SSSR count). The first-order valence-electron chi connectivity index (χ1n) is 4.61. The van der Waals surface area contributed by atoms with Gasteiger partial charge in [0.25, 0.3) is 5.92 Å². The Kier molecular flexibility index (Phi) is 3.07. The number of fused-ring (bicyclic) bond motifs is 1. The highest BCUT2D eigenvalue weighted by atomic mass is 35.5. The third-order valence-electron chi connectivity index (χ3n) is 2.00. The summed E-state index contributed by atoms with van der Waals surface area (Å²) in [5.41, 5.74) is 0.656. The molecule has 92 valence electrons. The van der Waals surface area contributed by atoms with Gasteiger partial charge < -0.3 is 15.4 Å². The monoisotopic (exact) mass is 263 g/mol. The lowest BCUT2D eigenvalue weighted by Gasteiger charge is -2.14. The molecular formula is C8H8ClF2N5O. The number of alkyl halides is 2. The molecule has 2 aromatic heterocycles. The second kappa shape index (κ2) is 4.38. The van der Waals surface area contributed by atoms with Gasteiger partial charge in [-0.25, -0.2) is 13.8 Å². The highest BCUT2D eigenvalue weighted by Crippen LogP contribution is 2.20. The van der Waals surface area contributed by atoms with Gasteiger partial charge >= 0.3 is 0 Å². The first-order valence-corrected chi connectivity index (χ1v) is 4.99. The Balaban J connectivity index is 2.26. The summed E-state index contributed by atoms with van der Waals surface area (Å²) in [5.74, 6) is -3.12. The molecule has 0 unspecified atom stereocenters. The molecular weight excluding hydrogens is 256 g/mol. The number of imidazole rings is 1. The molecule has 0 aliphatic carbocycles. The van der Waals surface area contributed by atoms with Crippen LogP contribution in [0.5, 0.6) is 0 Å². The van der Waals surface area contributed by atoms with Crippen LogP contribution in [-0.4, -0.2) is 44.1 Å². The van der Waals surface area contributed by atoms with Crippen molar-refractivity contribution in [1.82, 2.24) is 19.9 Å². The Morgan fingerprint density at radius 3 is 2.94 bits per heavy atom. The third kappa shape index (κ3) is 2.59. The highest BCUT2D eigenvalue weighted by molar-refractivity contribution is 6.28. The highest BCUT2D eigenvalue weighted by Gasteiger charge is 2.28. The van der Waals surface area contributed by atoms with Gasteiger partial charge in [0.05, 0.1) is 12.9 Å². The molecule has 0 aromatic carbocycles. The van der Waals surface area contributed by atoms with Gasteiger partial charge in [-0.05, 0) is 11.6 Å². The number of halogens is 3. The van der Waals surface area contributed by atoms with E-state index in [0.717, 1.165) is 0 Å². The molecule has 0 atom stereocenters. The second-order valence-corrected chi connectivity index (χ2v) is 3.65. The fourth-order valence-corrected chi connectivity index (χ4v) is 1.37. The smallest absolute Gasteiger partial charge is 0.287 e. The van der Waals surface area contributed by atoms with Crippen molar-refractivity contribution in [3.63, 3.8) is 0 Å². The van der Waals surface area contributed by atoms with E-state index in [1.807, 2.05) is 0 Å². The lowest BCUT2D eigenvalue weighted by molar-refractivity contribution is -0.0373. The summed E-state index contributed by atoms with van der Waals surface area (Å²) in [5, 5.41) is 10.7. The first kappa shape index (κ1) is 11.9. The predicted octanol–water partition coefficient (Wildman–Crippen LogP) is 1.05. The Labute approximate surface area is 99.1 Å². The van der Waals surface area contributed by atoms with E-state index in [1.54, 1.807) is 0 Å². The normalized spacial score (nSPS) is 12.0. The molecule has 0 saturated heterocycles. The van der Waals surface area contributed by atoms with Crippen molar-refractivity contribution >= 4 is 28.6 Å². The van der Waals surface area contributed by atoms with Crippen LogP contribution in [0.1, 0.15) is 0 Å². The van der Waals surface area contributed by atoms with Crippen LogP contribution in [0, 0.1) is 0 Å². The number of aromatic nitrogens is 4. The van der Waals surface area contributed by atoms with Gasteiger partial charge in [0, 0.05) is 0 Å². The molecule has 0 radical (unpaired) electrons. The van der Waals surface area contributed by atoms with E-state index in [4.69, 9.17) is 16.7 Å². The molecule has 3 N–H and O–H groups in total. The fraction of sp³-hybridized carbons (Fsp3) is 0.375. The zero-order valence-corrected chi connectivity index (χ0v) is 9.17. The van der Waals surface area contributed by atoms with Gasteiger partial charge in [-0.15, -0.1) is 0 Å². The lowest BCUT2D eigenvalue weighted by Crippen LogP contribution is -2.31. The van der Waals surface area contributed by atoms with Crippen LogP contribution in [0.25, 0.3) is 11.2 Å². The number of hydrogen-bond acceptors (Lipinski definition) is 5. The molecule has 0 bridgehead atoms. The summed E-state index contributed by atoms with van der Waals surface area (Å²) in [7, 11) is 0. The van der Waals surface area contributed by atoms with Gasteiger partial charge in [0.1, 0.15) is 12.1 Å². The third-order valence-corrected chi connectivity index (χ3v) is 2.17. The summed E-state index contributed by atoms with van der Waals surface area (Å²) in [4.78, 5) is 14.1. The minimum atomic E-state index is -3.23. The number of hydrogen-bond donors (Lipinski definition) is 3. The van der Waals surface area contributed by atoms with Crippen LogP contribution < -0.4 is 5.32 Å². The maximum atomic E-state index is 12.9. The maximum Gasteiger partial charge on any atom is 0.287 e. The van der Waals surface area contributed by atoms with E-state index in [-0.39, 0.29) is 16.7 Å². The molecule has 0 spiro atoms. The van der Waals surface area contributed by atoms with Crippen molar-refractivity contribution in [1.29, 1.82) is 0 Å². The molecule has 2 heterocycles. The van der Waals surface area contributed by atoms with Crippen LogP contribution >= 0.6 is 11.6 Å². The average molecular weight is 264 g/mol. The van der Waals surface area contributed by atoms with Gasteiger partial charge in [-0.1, -0.05) is 0 Å². The van der Waals surface area contributed by atoms with Crippen molar-refractivity contribution in [2.75, 3.05) is 18.5 Å². The standard InChI is InChI=1S/C8H8ClF2N5O/c9-7-15-5(12-1-8(10,11)2-17)4-6(16-7)14-3-13-4/h3,17H,1-2H2,(H2,12,13,14,15,16). The molecule has 17 heavy (non-hydrogen) atoms. The van der Waals surface area contributed by atoms with E-state index >= 15 is 0 Å². The van der Waals surface area contributed by atoms with Crippen LogP contribution in [-0.2, 0) is 0 Å². The van der Waals surface area contributed by atoms with Crippen molar-refractivity contribution in [2.24, 2.45) is 0 Å². The molecule has 0 aliphatic rings. The molecule has 0 aliphatic heterocycles. The number of aliphatic hydroxyl groups is 1. The number of nitrogens with one attached hydrogen (secondary N) is 2. The molecule has 0 saturated carbocycles. The lowest BCUT2D eigenvalue weighted by atomic mass is 10.3. The molecule has 0 amide bonds. The van der Waals surface area contributed by atoms with Gasteiger partial charge in [-0.2, -0.15) is 9.97 Å². The zero-order chi connectivity index (χ0) is 12.5.